The van der Waals surface area contributed by atoms with Gasteiger partial charge in [0.05, 0.1) is 12.1 Å². The molecule has 0 fully saturated rings. The lowest BCUT2D eigenvalue weighted by atomic mass is 10.0. The molecule has 3 aromatic carbocycles. The monoisotopic (exact) mass is 381 g/mol. The largest absolute Gasteiger partial charge is 0.343 e. The Balaban J connectivity index is 1.34. The highest BCUT2D eigenvalue weighted by Gasteiger charge is 2.09. The number of hydrogen-bond donors (Lipinski definition) is 2. The minimum atomic E-state index is -0.331. The molecule has 0 aliphatic carbocycles. The predicted octanol–water partition coefficient (Wildman–Crippen LogP) is 4.27. The van der Waals surface area contributed by atoms with Crippen LogP contribution in [0.5, 0.6) is 0 Å². The van der Waals surface area contributed by atoms with Crippen molar-refractivity contribution in [3.8, 4) is 11.1 Å². The molecule has 5 nitrogen and oxygen atoms in total. The van der Waals surface area contributed by atoms with Crippen molar-refractivity contribution in [2.75, 3.05) is 11.9 Å². The van der Waals surface area contributed by atoms with Crippen molar-refractivity contribution in [1.82, 2.24) is 10.3 Å². The number of amides is 2. The summed E-state index contributed by atoms with van der Waals surface area (Å²) < 4.78 is 0. The number of hydrogen-bond acceptors (Lipinski definition) is 3. The Morgan fingerprint density at radius 3 is 2.21 bits per heavy atom. The number of nitrogens with one attached hydrogen (secondary N) is 2. The number of carbonyl (C=O) groups is 2. The van der Waals surface area contributed by atoms with E-state index in [-0.39, 0.29) is 18.4 Å². The van der Waals surface area contributed by atoms with Crippen LogP contribution in [-0.2, 0) is 4.79 Å². The van der Waals surface area contributed by atoms with E-state index in [1.165, 1.54) is 0 Å². The van der Waals surface area contributed by atoms with E-state index < -0.39 is 0 Å². The van der Waals surface area contributed by atoms with Crippen LogP contribution in [0, 0.1) is 0 Å². The lowest BCUT2D eigenvalue weighted by molar-refractivity contribution is -0.115. The summed E-state index contributed by atoms with van der Waals surface area (Å²) in [6, 6.07) is 28.5. The van der Waals surface area contributed by atoms with E-state index in [4.69, 9.17) is 0 Å². The average Bonchev–Trinajstić information content (AvgIpc) is 2.78. The van der Waals surface area contributed by atoms with Crippen LogP contribution < -0.4 is 10.6 Å². The molecule has 0 saturated carbocycles. The Bertz CT molecular complexity index is 1160. The highest BCUT2D eigenvalue weighted by molar-refractivity contribution is 5.99. The minimum Gasteiger partial charge on any atom is -0.343 e. The third-order valence-corrected chi connectivity index (χ3v) is 4.53. The van der Waals surface area contributed by atoms with Crippen molar-refractivity contribution in [2.45, 2.75) is 0 Å². The van der Waals surface area contributed by atoms with Gasteiger partial charge < -0.3 is 10.6 Å². The van der Waals surface area contributed by atoms with E-state index in [2.05, 4.69) is 15.6 Å². The van der Waals surface area contributed by atoms with Crippen LogP contribution >= 0.6 is 0 Å². The molecule has 0 unspecified atom stereocenters. The third kappa shape index (κ3) is 4.47. The first-order chi connectivity index (χ1) is 14.2. The van der Waals surface area contributed by atoms with Gasteiger partial charge in [0.25, 0.3) is 5.91 Å². The van der Waals surface area contributed by atoms with E-state index in [0.29, 0.717) is 11.4 Å². The lowest BCUT2D eigenvalue weighted by Gasteiger charge is -2.08. The van der Waals surface area contributed by atoms with Crippen molar-refractivity contribution >= 4 is 28.5 Å². The van der Waals surface area contributed by atoms with Gasteiger partial charge in [-0.2, -0.15) is 0 Å². The topological polar surface area (TPSA) is 71.1 Å². The quantitative estimate of drug-likeness (QED) is 0.542. The Labute approximate surface area is 168 Å². The Morgan fingerprint density at radius 2 is 1.41 bits per heavy atom. The van der Waals surface area contributed by atoms with Crippen molar-refractivity contribution < 1.29 is 9.59 Å². The normalized spacial score (nSPS) is 10.5. The van der Waals surface area contributed by atoms with E-state index >= 15 is 0 Å². The number of carbonyl (C=O) groups excluding carboxylic acids is 2. The van der Waals surface area contributed by atoms with Gasteiger partial charge in [-0.25, -0.2) is 4.98 Å². The van der Waals surface area contributed by atoms with Crippen LogP contribution in [0.25, 0.3) is 22.0 Å². The Kier molecular flexibility index (Phi) is 5.29. The molecule has 4 rings (SSSR count). The first kappa shape index (κ1) is 18.4. The molecule has 5 heteroatoms. The number of nitrogens with zero attached hydrogens (tertiary/aromatic N) is 1. The maximum Gasteiger partial charge on any atom is 0.251 e. The molecule has 1 heterocycles. The molecular formula is C24H19N3O2. The van der Waals surface area contributed by atoms with Gasteiger partial charge in [-0.3, -0.25) is 9.59 Å². The lowest BCUT2D eigenvalue weighted by Crippen LogP contribution is -2.33. The molecule has 0 bridgehead atoms. The van der Waals surface area contributed by atoms with Gasteiger partial charge in [0.2, 0.25) is 5.91 Å². The second kappa shape index (κ2) is 8.35. The van der Waals surface area contributed by atoms with Gasteiger partial charge >= 0.3 is 0 Å². The summed E-state index contributed by atoms with van der Waals surface area (Å²) in [7, 11) is 0. The van der Waals surface area contributed by atoms with E-state index in [9.17, 15) is 9.59 Å². The van der Waals surface area contributed by atoms with Gasteiger partial charge in [0.1, 0.15) is 5.82 Å². The van der Waals surface area contributed by atoms with Gasteiger partial charge in [-0.15, -0.1) is 0 Å². The number of aromatic nitrogens is 1. The second-order valence-electron chi connectivity index (χ2n) is 6.56. The molecule has 0 saturated heterocycles. The van der Waals surface area contributed by atoms with Crippen LogP contribution in [0.4, 0.5) is 5.82 Å². The summed E-state index contributed by atoms with van der Waals surface area (Å²) in [4.78, 5) is 28.9. The van der Waals surface area contributed by atoms with Crippen molar-refractivity contribution in [1.29, 1.82) is 0 Å². The first-order valence-electron chi connectivity index (χ1n) is 9.28. The van der Waals surface area contributed by atoms with Crippen LogP contribution in [0.15, 0.2) is 91.0 Å². The highest BCUT2D eigenvalue weighted by Crippen LogP contribution is 2.19. The standard InChI is InChI=1S/C24H19N3O2/c28-23(27-22-15-14-19-8-4-5-9-21(19)26-22)16-25-24(29)20-12-10-18(11-13-20)17-6-2-1-3-7-17/h1-15H,16H2,(H,25,29)(H,26,27,28). The molecule has 4 aromatic rings. The molecular weight excluding hydrogens is 362 g/mol. The summed E-state index contributed by atoms with van der Waals surface area (Å²) >= 11 is 0. The van der Waals surface area contributed by atoms with E-state index in [0.717, 1.165) is 22.0 Å². The molecule has 142 valence electrons. The molecule has 29 heavy (non-hydrogen) atoms. The van der Waals surface area contributed by atoms with Crippen molar-refractivity contribution in [3.05, 3.63) is 96.6 Å². The number of rotatable bonds is 5. The zero-order valence-corrected chi connectivity index (χ0v) is 15.6. The van der Waals surface area contributed by atoms with Gasteiger partial charge in [-0.1, -0.05) is 60.7 Å². The fourth-order valence-electron chi connectivity index (χ4n) is 3.03. The van der Waals surface area contributed by atoms with Crippen molar-refractivity contribution in [3.63, 3.8) is 0 Å². The number of benzene rings is 3. The fourth-order valence-corrected chi connectivity index (χ4v) is 3.03. The number of para-hydroxylation sites is 1. The number of anilines is 1. The maximum atomic E-state index is 12.3. The fraction of sp³-hybridized carbons (Fsp3) is 0.0417. The summed E-state index contributed by atoms with van der Waals surface area (Å²) in [5.41, 5.74) is 3.41. The van der Waals surface area contributed by atoms with Crippen LogP contribution in [-0.4, -0.2) is 23.3 Å². The minimum absolute atomic E-state index is 0.131. The van der Waals surface area contributed by atoms with Crippen molar-refractivity contribution in [2.24, 2.45) is 0 Å². The number of pyridine rings is 1. The Morgan fingerprint density at radius 1 is 0.724 bits per heavy atom. The first-order valence-corrected chi connectivity index (χ1v) is 9.28. The molecule has 2 amide bonds. The predicted molar refractivity (Wildman–Crippen MR) is 115 cm³/mol. The summed E-state index contributed by atoms with van der Waals surface area (Å²) in [6.07, 6.45) is 0. The zero-order valence-electron chi connectivity index (χ0n) is 15.6. The van der Waals surface area contributed by atoms with E-state index in [1.54, 1.807) is 18.2 Å². The highest BCUT2D eigenvalue weighted by atomic mass is 16.2. The average molecular weight is 381 g/mol. The van der Waals surface area contributed by atoms with Crippen LogP contribution in [0.3, 0.4) is 0 Å². The summed E-state index contributed by atoms with van der Waals surface area (Å²) in [5, 5.41) is 6.34. The molecule has 0 atom stereocenters. The summed E-state index contributed by atoms with van der Waals surface area (Å²) in [6.45, 7) is -0.131. The zero-order chi connectivity index (χ0) is 20.1. The SMILES string of the molecule is O=C(CNC(=O)c1ccc(-c2ccccc2)cc1)Nc1ccc2ccccc2n1. The molecule has 2 N–H and O–H groups in total. The van der Waals surface area contributed by atoms with Gasteiger partial charge in [0.15, 0.2) is 0 Å². The van der Waals surface area contributed by atoms with Gasteiger partial charge in [0, 0.05) is 10.9 Å². The summed E-state index contributed by atoms with van der Waals surface area (Å²) in [5.74, 6) is -0.177. The second-order valence-corrected chi connectivity index (χ2v) is 6.56. The van der Waals surface area contributed by atoms with Gasteiger partial charge in [-0.05, 0) is 41.5 Å². The number of fused-ring (bicyclic) bond motifs is 1. The molecule has 0 radical (unpaired) electrons. The third-order valence-electron chi connectivity index (χ3n) is 4.53. The van der Waals surface area contributed by atoms with E-state index in [1.807, 2.05) is 72.8 Å². The maximum absolute atomic E-state index is 12.3. The Hall–Kier alpha value is -3.99. The van der Waals surface area contributed by atoms with Crippen LogP contribution in [0.1, 0.15) is 10.4 Å². The molecule has 1 aromatic heterocycles. The molecule has 0 spiro atoms. The van der Waals surface area contributed by atoms with Crippen LogP contribution in [0.2, 0.25) is 0 Å². The molecule has 0 aliphatic heterocycles. The molecule has 0 aliphatic rings. The smallest absolute Gasteiger partial charge is 0.251 e.